The highest BCUT2D eigenvalue weighted by atomic mass is 16.3. The van der Waals surface area contributed by atoms with Gasteiger partial charge in [-0.25, -0.2) is 4.79 Å². The number of carbonyl (C=O) groups is 1. The number of nitrogens with one attached hydrogen (secondary N) is 2. The summed E-state index contributed by atoms with van der Waals surface area (Å²) in [4.78, 5) is 42.9. The van der Waals surface area contributed by atoms with Gasteiger partial charge in [0.1, 0.15) is 5.56 Å². The molecule has 8 heteroatoms. The Morgan fingerprint density at radius 2 is 2.07 bits per heavy atom. The van der Waals surface area contributed by atoms with Gasteiger partial charge in [0.2, 0.25) is 0 Å². The Kier molecular flexibility index (Phi) is 4.56. The first-order valence-electron chi connectivity index (χ1n) is 9.06. The lowest BCUT2D eigenvalue weighted by atomic mass is 9.75. The van der Waals surface area contributed by atoms with Crippen LogP contribution in [0.4, 0.5) is 0 Å². The van der Waals surface area contributed by atoms with Crippen molar-refractivity contribution in [1.29, 1.82) is 0 Å². The number of nitrogens with zero attached hydrogens (tertiary/aromatic N) is 2. The second-order valence-corrected chi connectivity index (χ2v) is 7.21. The first kappa shape index (κ1) is 18.1. The van der Waals surface area contributed by atoms with Crippen molar-refractivity contribution in [3.63, 3.8) is 0 Å². The van der Waals surface area contributed by atoms with E-state index in [-0.39, 0.29) is 11.5 Å². The van der Waals surface area contributed by atoms with Crippen LogP contribution in [0.5, 0.6) is 0 Å². The summed E-state index contributed by atoms with van der Waals surface area (Å²) in [6.07, 6.45) is 3.66. The average Bonchev–Trinajstić information content (AvgIpc) is 2.66. The number of aromatic amines is 1. The molecule has 2 heterocycles. The number of pyridine rings is 1. The number of hydrogen-bond acceptors (Lipinski definition) is 5. The molecule has 1 fully saturated rings. The first-order valence-corrected chi connectivity index (χ1v) is 9.06. The molecule has 28 heavy (non-hydrogen) atoms. The van der Waals surface area contributed by atoms with Gasteiger partial charge in [0.25, 0.3) is 11.5 Å². The summed E-state index contributed by atoms with van der Waals surface area (Å²) in [5.74, 6) is -0.537. The third kappa shape index (κ3) is 3.34. The van der Waals surface area contributed by atoms with Crippen LogP contribution in [0.1, 0.15) is 34.8 Å². The molecular formula is C20H20N4O4. The van der Waals surface area contributed by atoms with E-state index in [2.05, 4.69) is 15.3 Å². The van der Waals surface area contributed by atoms with Gasteiger partial charge >= 0.3 is 5.69 Å². The van der Waals surface area contributed by atoms with Crippen LogP contribution in [-0.4, -0.2) is 31.7 Å². The smallest absolute Gasteiger partial charge is 0.328 e. The summed E-state index contributed by atoms with van der Waals surface area (Å²) in [7, 11) is 1.46. The van der Waals surface area contributed by atoms with Crippen LogP contribution >= 0.6 is 0 Å². The van der Waals surface area contributed by atoms with E-state index in [9.17, 15) is 19.5 Å². The fourth-order valence-electron chi connectivity index (χ4n) is 3.58. The third-order valence-electron chi connectivity index (χ3n) is 5.23. The molecule has 1 aliphatic rings. The molecule has 1 amide bonds. The fourth-order valence-corrected chi connectivity index (χ4v) is 3.58. The largest absolute Gasteiger partial charge is 0.393 e. The molecule has 144 valence electrons. The maximum Gasteiger partial charge on any atom is 0.328 e. The molecule has 4 rings (SSSR count). The Hall–Kier alpha value is -3.26. The molecule has 0 saturated heterocycles. The Bertz CT molecular complexity index is 1160. The number of aliphatic hydroxyl groups is 1. The maximum atomic E-state index is 12.8. The van der Waals surface area contributed by atoms with Crippen LogP contribution in [0.25, 0.3) is 10.9 Å². The first-order chi connectivity index (χ1) is 13.4. The SMILES string of the molecule is Cn1cc(C(=O)N[C@H](c2cnc3ccccc3c2)C2CC(O)C2)c(=O)[nH]c1=O. The number of aryl methyl sites for hydroxylation is 1. The number of fused-ring (bicyclic) bond motifs is 1. The van der Waals surface area contributed by atoms with Gasteiger partial charge in [0.15, 0.2) is 0 Å². The lowest BCUT2D eigenvalue weighted by Gasteiger charge is -2.38. The van der Waals surface area contributed by atoms with Crippen LogP contribution in [-0.2, 0) is 7.05 Å². The van der Waals surface area contributed by atoms with Gasteiger partial charge in [0.05, 0.1) is 17.7 Å². The molecule has 1 aromatic carbocycles. The molecule has 3 N–H and O–H groups in total. The van der Waals surface area contributed by atoms with Crippen molar-refractivity contribution in [2.45, 2.75) is 25.0 Å². The third-order valence-corrected chi connectivity index (χ3v) is 5.23. The summed E-state index contributed by atoms with van der Waals surface area (Å²) in [5, 5.41) is 13.6. The molecule has 1 aliphatic carbocycles. The standard InChI is InChI=1S/C20H20N4O4/c1-24-10-15(19(27)23-20(24)28)18(26)22-17(12-7-14(25)8-12)13-6-11-4-2-3-5-16(11)21-9-13/h2-6,9-10,12,14,17,25H,7-8H2,1H3,(H,22,26)(H,23,27,28)/t12?,14?,17-/m0/s1. The molecule has 1 saturated carbocycles. The number of hydrogen-bond donors (Lipinski definition) is 3. The molecule has 1 atom stereocenters. The zero-order chi connectivity index (χ0) is 19.8. The highest BCUT2D eigenvalue weighted by Crippen LogP contribution is 2.38. The number of benzene rings is 1. The molecule has 0 spiro atoms. The summed E-state index contributed by atoms with van der Waals surface area (Å²) >= 11 is 0. The predicted molar refractivity (Wildman–Crippen MR) is 103 cm³/mol. The molecule has 0 bridgehead atoms. The number of rotatable bonds is 4. The van der Waals surface area contributed by atoms with Gasteiger partial charge in [0, 0.05) is 24.8 Å². The number of aromatic nitrogens is 3. The molecule has 2 aromatic heterocycles. The van der Waals surface area contributed by atoms with Crippen molar-refractivity contribution < 1.29 is 9.90 Å². The summed E-state index contributed by atoms with van der Waals surface area (Å²) in [5.41, 5.74) is 0.203. The molecule has 3 aromatic rings. The number of carbonyl (C=O) groups excluding carboxylic acids is 1. The zero-order valence-corrected chi connectivity index (χ0v) is 15.3. The minimum absolute atomic E-state index is 0.0357. The van der Waals surface area contributed by atoms with E-state index in [1.807, 2.05) is 30.3 Å². The normalized spacial score (nSPS) is 19.8. The van der Waals surface area contributed by atoms with E-state index in [1.165, 1.54) is 13.2 Å². The van der Waals surface area contributed by atoms with Gasteiger partial charge in [-0.15, -0.1) is 0 Å². The Balaban J connectivity index is 1.68. The van der Waals surface area contributed by atoms with Gasteiger partial charge in [-0.2, -0.15) is 0 Å². The minimum Gasteiger partial charge on any atom is -0.393 e. The topological polar surface area (TPSA) is 117 Å². The van der Waals surface area contributed by atoms with Gasteiger partial charge in [-0.05, 0) is 36.5 Å². The molecule has 0 aliphatic heterocycles. The van der Waals surface area contributed by atoms with E-state index in [0.717, 1.165) is 21.0 Å². The van der Waals surface area contributed by atoms with E-state index < -0.39 is 29.3 Å². The highest BCUT2D eigenvalue weighted by Gasteiger charge is 2.36. The van der Waals surface area contributed by atoms with Gasteiger partial charge in [-0.3, -0.25) is 19.6 Å². The quantitative estimate of drug-likeness (QED) is 0.621. The fraction of sp³-hybridized carbons (Fsp3) is 0.300. The van der Waals surface area contributed by atoms with E-state index in [4.69, 9.17) is 0 Å². The van der Waals surface area contributed by atoms with E-state index >= 15 is 0 Å². The van der Waals surface area contributed by atoms with E-state index in [1.54, 1.807) is 6.20 Å². The summed E-state index contributed by atoms with van der Waals surface area (Å²) in [6.45, 7) is 0. The van der Waals surface area contributed by atoms with Gasteiger partial charge < -0.3 is 15.0 Å². The summed E-state index contributed by atoms with van der Waals surface area (Å²) < 4.78 is 1.15. The molecule has 0 unspecified atom stereocenters. The highest BCUT2D eigenvalue weighted by molar-refractivity contribution is 5.93. The van der Waals surface area contributed by atoms with Crippen molar-refractivity contribution in [2.75, 3.05) is 0 Å². The van der Waals surface area contributed by atoms with Crippen LogP contribution in [0.3, 0.4) is 0 Å². The van der Waals surface area contributed by atoms with Crippen LogP contribution in [0.15, 0.2) is 52.3 Å². The number of H-pyrrole nitrogens is 1. The number of para-hydroxylation sites is 1. The van der Waals surface area contributed by atoms with Crippen molar-refractivity contribution in [3.05, 3.63) is 74.7 Å². The predicted octanol–water partition coefficient (Wildman–Crippen LogP) is 0.864. The molecule has 0 radical (unpaired) electrons. The zero-order valence-electron chi connectivity index (χ0n) is 15.3. The second-order valence-electron chi connectivity index (χ2n) is 7.21. The summed E-state index contributed by atoms with van der Waals surface area (Å²) in [6, 6.07) is 9.23. The van der Waals surface area contributed by atoms with E-state index in [0.29, 0.717) is 12.8 Å². The van der Waals surface area contributed by atoms with Crippen molar-refractivity contribution >= 4 is 16.8 Å². The van der Waals surface area contributed by atoms with Crippen molar-refractivity contribution in [2.24, 2.45) is 13.0 Å². The lowest BCUT2D eigenvalue weighted by molar-refractivity contribution is 0.0234. The number of aliphatic hydroxyl groups excluding tert-OH is 1. The van der Waals surface area contributed by atoms with Crippen molar-refractivity contribution in [3.8, 4) is 0 Å². The lowest BCUT2D eigenvalue weighted by Crippen LogP contribution is -2.43. The van der Waals surface area contributed by atoms with Crippen LogP contribution in [0, 0.1) is 5.92 Å². The Labute approximate surface area is 159 Å². The Morgan fingerprint density at radius 3 is 2.82 bits per heavy atom. The second kappa shape index (κ2) is 7.05. The Morgan fingerprint density at radius 1 is 1.32 bits per heavy atom. The molecule has 8 nitrogen and oxygen atoms in total. The van der Waals surface area contributed by atoms with Gasteiger partial charge in [-0.1, -0.05) is 18.2 Å². The minimum atomic E-state index is -0.732. The van der Waals surface area contributed by atoms with Crippen LogP contribution in [0.2, 0.25) is 0 Å². The average molecular weight is 380 g/mol. The monoisotopic (exact) mass is 380 g/mol. The van der Waals surface area contributed by atoms with Crippen LogP contribution < -0.4 is 16.6 Å². The maximum absolute atomic E-state index is 12.8. The van der Waals surface area contributed by atoms with Crippen molar-refractivity contribution in [1.82, 2.24) is 19.9 Å². The molecular weight excluding hydrogens is 360 g/mol. The number of amides is 1.